The number of benzene rings is 1. The van der Waals surface area contributed by atoms with Crippen LogP contribution < -0.4 is 5.32 Å². The molecular formula is C15H20ClNO2. The number of esters is 1. The molecular weight excluding hydrogens is 262 g/mol. The topological polar surface area (TPSA) is 38.3 Å². The lowest BCUT2D eigenvalue weighted by atomic mass is 9.89. The normalized spacial score (nSPS) is 23.4. The Balaban J connectivity index is 2.15. The zero-order valence-electron chi connectivity index (χ0n) is 11.6. The maximum Gasteiger partial charge on any atom is 0.311 e. The van der Waals surface area contributed by atoms with Gasteiger partial charge in [0.1, 0.15) is 5.60 Å². The molecule has 1 fully saturated rings. The SMILES string of the molecule is CC(C)(C)OC(=O)C1CNCC1c1cccc(Cl)c1. The van der Waals surface area contributed by atoms with Gasteiger partial charge in [0.2, 0.25) is 0 Å². The Morgan fingerprint density at radius 1 is 1.37 bits per heavy atom. The summed E-state index contributed by atoms with van der Waals surface area (Å²) in [4.78, 5) is 12.2. The van der Waals surface area contributed by atoms with Crippen LogP contribution in [0.25, 0.3) is 0 Å². The van der Waals surface area contributed by atoms with Crippen molar-refractivity contribution < 1.29 is 9.53 Å². The van der Waals surface area contributed by atoms with Crippen LogP contribution in [0.1, 0.15) is 32.3 Å². The molecule has 0 spiro atoms. The fourth-order valence-electron chi connectivity index (χ4n) is 2.39. The molecule has 0 bridgehead atoms. The molecule has 1 saturated heterocycles. The average molecular weight is 282 g/mol. The van der Waals surface area contributed by atoms with Gasteiger partial charge >= 0.3 is 5.97 Å². The van der Waals surface area contributed by atoms with Crippen LogP contribution in [0.5, 0.6) is 0 Å². The first-order chi connectivity index (χ1) is 8.87. The predicted octanol–water partition coefficient (Wildman–Crippen LogP) is 2.98. The van der Waals surface area contributed by atoms with Crippen molar-refractivity contribution >= 4 is 17.6 Å². The molecule has 2 atom stereocenters. The van der Waals surface area contributed by atoms with Gasteiger partial charge in [0.05, 0.1) is 5.92 Å². The van der Waals surface area contributed by atoms with E-state index in [4.69, 9.17) is 16.3 Å². The van der Waals surface area contributed by atoms with Crippen molar-refractivity contribution in [3.8, 4) is 0 Å². The minimum absolute atomic E-state index is 0.133. The summed E-state index contributed by atoms with van der Waals surface area (Å²) in [6.07, 6.45) is 0. The quantitative estimate of drug-likeness (QED) is 0.847. The predicted molar refractivity (Wildman–Crippen MR) is 76.4 cm³/mol. The van der Waals surface area contributed by atoms with E-state index >= 15 is 0 Å². The molecule has 1 aromatic carbocycles. The highest BCUT2D eigenvalue weighted by molar-refractivity contribution is 6.30. The molecule has 1 aromatic rings. The second-order valence-corrected chi connectivity index (χ2v) is 6.40. The minimum atomic E-state index is -0.446. The van der Waals surface area contributed by atoms with Gasteiger partial charge in [-0.3, -0.25) is 4.79 Å². The first-order valence-electron chi connectivity index (χ1n) is 6.56. The van der Waals surface area contributed by atoms with E-state index in [2.05, 4.69) is 5.32 Å². The number of hydrogen-bond donors (Lipinski definition) is 1. The molecule has 19 heavy (non-hydrogen) atoms. The third-order valence-electron chi connectivity index (χ3n) is 3.20. The minimum Gasteiger partial charge on any atom is -0.460 e. The first-order valence-corrected chi connectivity index (χ1v) is 6.93. The monoisotopic (exact) mass is 281 g/mol. The van der Waals surface area contributed by atoms with Crippen molar-refractivity contribution in [2.75, 3.05) is 13.1 Å². The van der Waals surface area contributed by atoms with Crippen LogP contribution >= 0.6 is 11.6 Å². The van der Waals surface area contributed by atoms with Gasteiger partial charge in [0, 0.05) is 24.0 Å². The van der Waals surface area contributed by atoms with Gasteiger partial charge in [-0.05, 0) is 38.5 Å². The summed E-state index contributed by atoms with van der Waals surface area (Å²) in [6.45, 7) is 7.11. The van der Waals surface area contributed by atoms with E-state index in [1.54, 1.807) is 0 Å². The summed E-state index contributed by atoms with van der Waals surface area (Å²) in [7, 11) is 0. The molecule has 2 unspecified atom stereocenters. The van der Waals surface area contributed by atoms with Gasteiger partial charge in [0.25, 0.3) is 0 Å². The molecule has 0 radical (unpaired) electrons. The molecule has 0 aromatic heterocycles. The second kappa shape index (κ2) is 5.51. The maximum atomic E-state index is 12.2. The zero-order chi connectivity index (χ0) is 14.0. The van der Waals surface area contributed by atoms with E-state index < -0.39 is 5.60 Å². The van der Waals surface area contributed by atoms with Crippen LogP contribution in [0, 0.1) is 5.92 Å². The molecule has 1 N–H and O–H groups in total. The lowest BCUT2D eigenvalue weighted by Gasteiger charge is -2.24. The third kappa shape index (κ3) is 3.71. The van der Waals surface area contributed by atoms with Crippen LogP contribution in [0.3, 0.4) is 0 Å². The van der Waals surface area contributed by atoms with Crippen molar-refractivity contribution in [3.05, 3.63) is 34.9 Å². The Labute approximate surface area is 119 Å². The highest BCUT2D eigenvalue weighted by Gasteiger charge is 2.36. The van der Waals surface area contributed by atoms with Crippen molar-refractivity contribution in [2.24, 2.45) is 5.92 Å². The van der Waals surface area contributed by atoms with Crippen LogP contribution in [-0.2, 0) is 9.53 Å². The molecule has 0 aliphatic carbocycles. The Bertz CT molecular complexity index is 467. The Hall–Kier alpha value is -1.06. The molecule has 0 saturated carbocycles. The fraction of sp³-hybridized carbons (Fsp3) is 0.533. The van der Waals surface area contributed by atoms with Crippen LogP contribution in [0.15, 0.2) is 24.3 Å². The van der Waals surface area contributed by atoms with Crippen molar-refractivity contribution in [2.45, 2.75) is 32.3 Å². The summed E-state index contributed by atoms with van der Waals surface area (Å²) >= 11 is 6.02. The summed E-state index contributed by atoms with van der Waals surface area (Å²) in [5.41, 5.74) is 0.645. The maximum absolute atomic E-state index is 12.2. The first kappa shape index (κ1) is 14.4. The molecule has 3 nitrogen and oxygen atoms in total. The number of hydrogen-bond acceptors (Lipinski definition) is 3. The van der Waals surface area contributed by atoms with Crippen LogP contribution in [-0.4, -0.2) is 24.7 Å². The zero-order valence-corrected chi connectivity index (χ0v) is 12.3. The number of rotatable bonds is 2. The van der Waals surface area contributed by atoms with Gasteiger partial charge < -0.3 is 10.1 Å². The molecule has 2 rings (SSSR count). The third-order valence-corrected chi connectivity index (χ3v) is 3.44. The van der Waals surface area contributed by atoms with E-state index in [9.17, 15) is 4.79 Å². The lowest BCUT2D eigenvalue weighted by Crippen LogP contribution is -2.31. The Morgan fingerprint density at radius 2 is 2.11 bits per heavy atom. The highest BCUT2D eigenvalue weighted by atomic mass is 35.5. The number of halogens is 1. The average Bonchev–Trinajstić information content (AvgIpc) is 2.75. The van der Waals surface area contributed by atoms with Crippen LogP contribution in [0.2, 0.25) is 5.02 Å². The molecule has 104 valence electrons. The summed E-state index contributed by atoms with van der Waals surface area (Å²) in [6, 6.07) is 7.70. The summed E-state index contributed by atoms with van der Waals surface area (Å²) < 4.78 is 5.49. The highest BCUT2D eigenvalue weighted by Crippen LogP contribution is 2.31. The number of nitrogens with one attached hydrogen (secondary N) is 1. The molecule has 1 heterocycles. The number of carbonyl (C=O) groups is 1. The van der Waals surface area contributed by atoms with Gasteiger partial charge in [-0.1, -0.05) is 23.7 Å². The number of carbonyl (C=O) groups excluding carboxylic acids is 1. The molecule has 1 aliphatic heterocycles. The van der Waals surface area contributed by atoms with E-state index in [0.29, 0.717) is 11.6 Å². The van der Waals surface area contributed by atoms with Crippen LogP contribution in [0.4, 0.5) is 0 Å². The number of ether oxygens (including phenoxy) is 1. The Kier molecular flexibility index (Phi) is 4.16. The molecule has 4 heteroatoms. The smallest absolute Gasteiger partial charge is 0.311 e. The summed E-state index contributed by atoms with van der Waals surface area (Å²) in [5.74, 6) is -0.145. The van der Waals surface area contributed by atoms with E-state index in [0.717, 1.165) is 12.1 Å². The second-order valence-electron chi connectivity index (χ2n) is 5.96. The Morgan fingerprint density at radius 3 is 2.74 bits per heavy atom. The van der Waals surface area contributed by atoms with E-state index in [-0.39, 0.29) is 17.8 Å². The fourth-order valence-corrected chi connectivity index (χ4v) is 2.59. The van der Waals surface area contributed by atoms with E-state index in [1.807, 2.05) is 45.0 Å². The van der Waals surface area contributed by atoms with E-state index in [1.165, 1.54) is 0 Å². The van der Waals surface area contributed by atoms with Crippen molar-refractivity contribution in [1.82, 2.24) is 5.32 Å². The van der Waals surface area contributed by atoms with Gasteiger partial charge in [-0.15, -0.1) is 0 Å². The van der Waals surface area contributed by atoms with Crippen molar-refractivity contribution in [3.63, 3.8) is 0 Å². The van der Waals surface area contributed by atoms with Gasteiger partial charge in [-0.25, -0.2) is 0 Å². The summed E-state index contributed by atoms with van der Waals surface area (Å²) in [5, 5.41) is 3.96. The van der Waals surface area contributed by atoms with Crippen molar-refractivity contribution in [1.29, 1.82) is 0 Å². The lowest BCUT2D eigenvalue weighted by molar-refractivity contribution is -0.159. The molecule has 0 amide bonds. The molecule has 1 aliphatic rings. The van der Waals surface area contributed by atoms with Gasteiger partial charge in [-0.2, -0.15) is 0 Å². The largest absolute Gasteiger partial charge is 0.460 e. The standard InChI is InChI=1S/C15H20ClNO2/c1-15(2,3)19-14(18)13-9-17-8-12(13)10-5-4-6-11(16)7-10/h4-7,12-13,17H,8-9H2,1-3H3. The van der Waals surface area contributed by atoms with Gasteiger partial charge in [0.15, 0.2) is 0 Å².